The molecular formula is C9H7Br2NO4. The van der Waals surface area contributed by atoms with Crippen molar-refractivity contribution in [3.63, 3.8) is 0 Å². The molecule has 0 fully saturated rings. The summed E-state index contributed by atoms with van der Waals surface area (Å²) in [6, 6.07) is 6.02. The summed E-state index contributed by atoms with van der Waals surface area (Å²) in [6.45, 7) is 0. The van der Waals surface area contributed by atoms with Crippen LogP contribution in [0.5, 0.6) is 0 Å². The molecule has 0 unspecified atom stereocenters. The van der Waals surface area contributed by atoms with Gasteiger partial charge in [-0.2, -0.15) is 0 Å². The van der Waals surface area contributed by atoms with Gasteiger partial charge in [-0.1, -0.05) is 50.1 Å². The lowest BCUT2D eigenvalue weighted by Gasteiger charge is -2.12. The first-order chi connectivity index (χ1) is 7.45. The average molecular weight is 353 g/mol. The second kappa shape index (κ2) is 5.40. The molecule has 0 bridgehead atoms. The van der Waals surface area contributed by atoms with Crippen molar-refractivity contribution in [1.29, 1.82) is 0 Å². The van der Waals surface area contributed by atoms with Gasteiger partial charge in [0.05, 0.1) is 9.75 Å². The Morgan fingerprint density at radius 1 is 1.38 bits per heavy atom. The summed E-state index contributed by atoms with van der Waals surface area (Å²) in [6.07, 6.45) is 0. The summed E-state index contributed by atoms with van der Waals surface area (Å²) in [5.74, 6) is -1.08. The molecule has 0 aliphatic heterocycles. The summed E-state index contributed by atoms with van der Waals surface area (Å²) in [7, 11) is 0. The van der Waals surface area contributed by atoms with Crippen LogP contribution in [0.3, 0.4) is 0 Å². The number of carboxylic acids is 1. The van der Waals surface area contributed by atoms with Gasteiger partial charge in [0.15, 0.2) is 0 Å². The molecule has 1 rings (SSSR count). The topological polar surface area (TPSA) is 80.4 Å². The number of halogens is 2. The maximum Gasteiger partial charge on any atom is 0.318 e. The number of hydrogen-bond acceptors (Lipinski definition) is 3. The molecule has 86 valence electrons. The first-order valence-corrected chi connectivity index (χ1v) is 6.02. The van der Waals surface area contributed by atoms with Crippen LogP contribution in [0.25, 0.3) is 0 Å². The highest BCUT2D eigenvalue weighted by molar-refractivity contribution is 9.12. The Hall–Kier alpha value is -0.950. The number of rotatable bonds is 4. The van der Waals surface area contributed by atoms with E-state index in [1.54, 1.807) is 6.07 Å². The molecule has 5 nitrogen and oxygen atoms in total. The van der Waals surface area contributed by atoms with Gasteiger partial charge < -0.3 is 5.11 Å². The number of nitro benzene ring substituents is 1. The molecule has 1 aromatic carbocycles. The molecule has 7 heteroatoms. The van der Waals surface area contributed by atoms with Gasteiger partial charge >= 0.3 is 5.97 Å². The lowest BCUT2D eigenvalue weighted by atomic mass is 10.1. The smallest absolute Gasteiger partial charge is 0.318 e. The number of hydrogen-bond donors (Lipinski definition) is 1. The number of benzene rings is 1. The standard InChI is InChI=1S/C9H7Br2NO4/c10-7(8(11)9(13)14)5-3-1-2-4-6(5)12(15)16/h1-4,7-8H,(H,13,14)/t7-,8-/m1/s1. The van der Waals surface area contributed by atoms with E-state index in [9.17, 15) is 14.9 Å². The highest BCUT2D eigenvalue weighted by Gasteiger charge is 2.29. The fourth-order valence-corrected chi connectivity index (χ4v) is 2.07. The van der Waals surface area contributed by atoms with E-state index in [2.05, 4.69) is 31.9 Å². The number of nitro groups is 1. The van der Waals surface area contributed by atoms with Crippen LogP contribution in [0, 0.1) is 10.1 Å². The van der Waals surface area contributed by atoms with Gasteiger partial charge in [0.2, 0.25) is 0 Å². The van der Waals surface area contributed by atoms with Crippen LogP contribution in [0.1, 0.15) is 10.4 Å². The van der Waals surface area contributed by atoms with Gasteiger partial charge in [0.1, 0.15) is 4.83 Å². The Morgan fingerprint density at radius 2 is 1.94 bits per heavy atom. The van der Waals surface area contributed by atoms with Crippen molar-refractivity contribution in [2.24, 2.45) is 0 Å². The van der Waals surface area contributed by atoms with E-state index in [1.807, 2.05) is 0 Å². The molecule has 0 saturated heterocycles. The van der Waals surface area contributed by atoms with Crippen molar-refractivity contribution in [3.8, 4) is 0 Å². The Bertz CT molecular complexity index is 424. The number of alkyl halides is 2. The Morgan fingerprint density at radius 3 is 2.44 bits per heavy atom. The van der Waals surface area contributed by atoms with E-state index >= 15 is 0 Å². The van der Waals surface area contributed by atoms with E-state index in [0.717, 1.165) is 0 Å². The minimum Gasteiger partial charge on any atom is -0.480 e. The minimum absolute atomic E-state index is 0.102. The second-order valence-electron chi connectivity index (χ2n) is 2.96. The van der Waals surface area contributed by atoms with E-state index in [-0.39, 0.29) is 5.69 Å². The van der Waals surface area contributed by atoms with E-state index < -0.39 is 20.5 Å². The number of aliphatic carboxylic acids is 1. The second-order valence-corrected chi connectivity index (χ2v) is 4.93. The van der Waals surface area contributed by atoms with E-state index in [0.29, 0.717) is 5.56 Å². The highest BCUT2D eigenvalue weighted by Crippen LogP contribution is 2.36. The summed E-state index contributed by atoms with van der Waals surface area (Å²) >= 11 is 6.10. The lowest BCUT2D eigenvalue weighted by Crippen LogP contribution is -2.18. The minimum atomic E-state index is -1.08. The zero-order valence-electron chi connectivity index (χ0n) is 7.84. The van der Waals surface area contributed by atoms with E-state index in [4.69, 9.17) is 5.11 Å². The van der Waals surface area contributed by atoms with Crippen molar-refractivity contribution in [2.75, 3.05) is 0 Å². The molecule has 0 aliphatic carbocycles. The van der Waals surface area contributed by atoms with Crippen LogP contribution in [-0.2, 0) is 4.79 Å². The van der Waals surface area contributed by atoms with Crippen LogP contribution >= 0.6 is 31.9 Å². The molecule has 0 radical (unpaired) electrons. The van der Waals surface area contributed by atoms with Crippen molar-refractivity contribution < 1.29 is 14.8 Å². The lowest BCUT2D eigenvalue weighted by molar-refractivity contribution is -0.385. The van der Waals surface area contributed by atoms with Crippen LogP contribution in [0.4, 0.5) is 5.69 Å². The largest absolute Gasteiger partial charge is 0.480 e. The Labute approximate surface area is 108 Å². The van der Waals surface area contributed by atoms with Crippen LogP contribution in [0.2, 0.25) is 0 Å². The third-order valence-corrected chi connectivity index (χ3v) is 4.58. The third-order valence-electron chi connectivity index (χ3n) is 1.92. The molecule has 0 spiro atoms. The zero-order valence-corrected chi connectivity index (χ0v) is 11.0. The number of carboxylic acid groups (broad SMARTS) is 1. The molecule has 0 aliphatic rings. The SMILES string of the molecule is O=C(O)[C@H](Br)[C@H](Br)c1ccccc1[N+](=O)[O-]. The van der Waals surface area contributed by atoms with Gasteiger partial charge in [0, 0.05) is 11.6 Å². The zero-order chi connectivity index (χ0) is 12.3. The fourth-order valence-electron chi connectivity index (χ4n) is 1.17. The molecular weight excluding hydrogens is 346 g/mol. The maximum atomic E-state index is 10.7. The molecule has 0 amide bonds. The number of carbonyl (C=O) groups is 1. The molecule has 1 N–H and O–H groups in total. The fraction of sp³-hybridized carbons (Fsp3) is 0.222. The Kier molecular flexibility index (Phi) is 4.43. The molecule has 16 heavy (non-hydrogen) atoms. The van der Waals surface area contributed by atoms with Gasteiger partial charge in [-0.3, -0.25) is 14.9 Å². The van der Waals surface area contributed by atoms with Crippen molar-refractivity contribution >= 4 is 43.5 Å². The van der Waals surface area contributed by atoms with Gasteiger partial charge in [-0.05, 0) is 0 Å². The normalized spacial score (nSPS) is 14.1. The predicted molar refractivity (Wildman–Crippen MR) is 65.1 cm³/mol. The Balaban J connectivity index is 3.12. The van der Waals surface area contributed by atoms with Crippen LogP contribution in [-0.4, -0.2) is 20.8 Å². The van der Waals surface area contributed by atoms with Crippen molar-refractivity contribution in [2.45, 2.75) is 9.65 Å². The molecule has 0 saturated carbocycles. The summed E-state index contributed by atoms with van der Waals surface area (Å²) in [5.41, 5.74) is 0.229. The summed E-state index contributed by atoms with van der Waals surface area (Å²) in [5, 5.41) is 19.5. The van der Waals surface area contributed by atoms with Crippen LogP contribution < -0.4 is 0 Å². The number of para-hydroxylation sites is 1. The van der Waals surface area contributed by atoms with E-state index in [1.165, 1.54) is 18.2 Å². The first kappa shape index (κ1) is 13.1. The summed E-state index contributed by atoms with van der Waals surface area (Å²) < 4.78 is 0. The first-order valence-electron chi connectivity index (χ1n) is 4.19. The molecule has 2 atom stereocenters. The molecule has 0 aromatic heterocycles. The highest BCUT2D eigenvalue weighted by atomic mass is 79.9. The van der Waals surface area contributed by atoms with Crippen molar-refractivity contribution in [3.05, 3.63) is 39.9 Å². The number of nitrogens with zero attached hydrogens (tertiary/aromatic N) is 1. The van der Waals surface area contributed by atoms with Crippen LogP contribution in [0.15, 0.2) is 24.3 Å². The van der Waals surface area contributed by atoms with Gasteiger partial charge in [-0.25, -0.2) is 0 Å². The monoisotopic (exact) mass is 351 g/mol. The molecule has 0 heterocycles. The van der Waals surface area contributed by atoms with Gasteiger partial charge in [-0.15, -0.1) is 0 Å². The third kappa shape index (κ3) is 2.79. The maximum absolute atomic E-state index is 10.7. The summed E-state index contributed by atoms with van der Waals surface area (Å²) in [4.78, 5) is 19.4. The van der Waals surface area contributed by atoms with Gasteiger partial charge in [0.25, 0.3) is 5.69 Å². The van der Waals surface area contributed by atoms with Crippen molar-refractivity contribution in [1.82, 2.24) is 0 Å². The predicted octanol–water partition coefficient (Wildman–Crippen LogP) is 2.88. The quantitative estimate of drug-likeness (QED) is 0.513. The molecule has 1 aromatic rings. The average Bonchev–Trinajstić information content (AvgIpc) is 2.26.